The number of carboxylic acids is 1. The number of carbonyl (C=O) groups excluding carboxylic acids is 2. The van der Waals surface area contributed by atoms with Gasteiger partial charge in [-0.2, -0.15) is 0 Å². The van der Waals surface area contributed by atoms with Crippen molar-refractivity contribution in [2.75, 3.05) is 23.8 Å². The molecule has 0 aliphatic heterocycles. The third kappa shape index (κ3) is 8.66. The van der Waals surface area contributed by atoms with Gasteiger partial charge < -0.3 is 30.9 Å². The first-order valence-corrected chi connectivity index (χ1v) is 13.5. The lowest BCUT2D eigenvalue weighted by atomic mass is 10.1. The maximum Gasteiger partial charge on any atom is 0.341 e. The quantitative estimate of drug-likeness (QED) is 0.113. The van der Waals surface area contributed by atoms with E-state index in [9.17, 15) is 18.6 Å². The molecule has 1 unspecified atom stereocenters. The lowest BCUT2D eigenvalue weighted by molar-refractivity contribution is -0.139. The summed E-state index contributed by atoms with van der Waals surface area (Å²) in [5.74, 6) is -2.48. The molecule has 0 aromatic heterocycles. The molecule has 0 bridgehead atoms. The third-order valence-corrected chi connectivity index (χ3v) is 6.00. The van der Waals surface area contributed by atoms with Gasteiger partial charge in [-0.25, -0.2) is 14.1 Å². The summed E-state index contributed by atoms with van der Waals surface area (Å²) in [5, 5.41) is 28.0. The van der Waals surface area contributed by atoms with Gasteiger partial charge in [0.05, 0.1) is 12.2 Å². The van der Waals surface area contributed by atoms with Crippen molar-refractivity contribution in [3.63, 3.8) is 0 Å². The first-order chi connectivity index (χ1) is 19.5. The fourth-order valence-electron chi connectivity index (χ4n) is 3.61. The van der Waals surface area contributed by atoms with Gasteiger partial charge in [0.2, 0.25) is 0 Å². The average molecular weight is 603 g/mol. The van der Waals surface area contributed by atoms with Crippen LogP contribution < -0.4 is 35.7 Å². The zero-order valence-electron chi connectivity index (χ0n) is 21.7. The fraction of sp³-hybridized carbons (Fsp3) is 0.154. The van der Waals surface area contributed by atoms with E-state index in [2.05, 4.69) is 15.4 Å². The fourth-order valence-corrected chi connectivity index (χ4v) is 4.09. The number of hydrogen-bond donors (Lipinski definition) is 7. The second-order valence-corrected chi connectivity index (χ2v) is 9.53. The number of carbonyl (C=O) groups is 3. The van der Waals surface area contributed by atoms with E-state index in [1.54, 1.807) is 43.3 Å². The van der Waals surface area contributed by atoms with Crippen LogP contribution in [0.4, 0.5) is 11.4 Å². The SMILES string of the molecule is CCOc1cc(C(=O)NS(N)=O)cc(CNc2ccc(Cl)cc2C(=O)Nc2ccc(C(=N)N)cc2)c1OCC(=O)O. The van der Waals surface area contributed by atoms with Crippen molar-refractivity contribution in [2.45, 2.75) is 13.5 Å². The standard InChI is InChI=1S/C26H27ClN6O7S/c1-2-39-21-10-15(25(36)33-41(30)38)9-16(23(21)40-13-22(34)35)12-31-20-8-5-17(27)11-19(20)26(37)32-18-6-3-14(4-7-18)24(28)29/h3-11,31H,2,12-13,30H2,1H3,(H3,28,29)(H,32,37)(H,33,36)(H,34,35). The summed E-state index contributed by atoms with van der Waals surface area (Å²) < 4.78 is 24.5. The lowest BCUT2D eigenvalue weighted by Crippen LogP contribution is -2.30. The molecule has 0 saturated heterocycles. The molecule has 0 fully saturated rings. The monoisotopic (exact) mass is 602 g/mol. The van der Waals surface area contributed by atoms with Crippen molar-refractivity contribution in [3.8, 4) is 11.5 Å². The zero-order valence-corrected chi connectivity index (χ0v) is 23.2. The van der Waals surface area contributed by atoms with Gasteiger partial charge in [-0.05, 0) is 61.5 Å². The van der Waals surface area contributed by atoms with Crippen LogP contribution in [0.25, 0.3) is 0 Å². The van der Waals surface area contributed by atoms with Crippen molar-refractivity contribution in [1.29, 1.82) is 5.41 Å². The predicted octanol–water partition coefficient (Wildman–Crippen LogP) is 2.62. The van der Waals surface area contributed by atoms with Gasteiger partial charge in [0.25, 0.3) is 11.8 Å². The Morgan fingerprint density at radius 2 is 1.73 bits per heavy atom. The molecule has 13 nitrogen and oxygen atoms in total. The highest BCUT2D eigenvalue weighted by molar-refractivity contribution is 7.81. The maximum atomic E-state index is 13.2. The van der Waals surface area contributed by atoms with E-state index in [1.807, 2.05) is 0 Å². The van der Waals surface area contributed by atoms with E-state index < -0.39 is 35.6 Å². The first kappa shape index (κ1) is 30.9. The summed E-state index contributed by atoms with van der Waals surface area (Å²) in [7, 11) is 0. The molecule has 3 rings (SSSR count). The van der Waals surface area contributed by atoms with Gasteiger partial charge in [0.1, 0.15) is 5.84 Å². The number of amidine groups is 1. The maximum absolute atomic E-state index is 13.2. The Morgan fingerprint density at radius 3 is 2.34 bits per heavy atom. The predicted molar refractivity (Wildman–Crippen MR) is 155 cm³/mol. The van der Waals surface area contributed by atoms with Gasteiger partial charge >= 0.3 is 5.97 Å². The Bertz CT molecular complexity index is 1500. The number of hydrogen-bond acceptors (Lipinski definition) is 8. The molecule has 0 aliphatic carbocycles. The Morgan fingerprint density at radius 1 is 1.02 bits per heavy atom. The van der Waals surface area contributed by atoms with E-state index in [1.165, 1.54) is 18.2 Å². The van der Waals surface area contributed by atoms with Crippen LogP contribution in [0.2, 0.25) is 5.02 Å². The first-order valence-electron chi connectivity index (χ1n) is 11.9. The number of carboxylic acid groups (broad SMARTS) is 1. The van der Waals surface area contributed by atoms with Crippen LogP contribution in [-0.2, 0) is 22.5 Å². The molecule has 3 aromatic carbocycles. The van der Waals surface area contributed by atoms with Crippen LogP contribution in [0.15, 0.2) is 54.6 Å². The number of aliphatic carboxylic acids is 1. The van der Waals surface area contributed by atoms with Crippen molar-refractivity contribution < 1.29 is 33.2 Å². The van der Waals surface area contributed by atoms with E-state index in [-0.39, 0.29) is 41.6 Å². The molecule has 9 N–H and O–H groups in total. The molecule has 0 aliphatic rings. The van der Waals surface area contributed by atoms with Crippen LogP contribution in [-0.4, -0.2) is 46.1 Å². The molecular formula is C26H27ClN6O7S. The molecule has 0 heterocycles. The van der Waals surface area contributed by atoms with Crippen LogP contribution in [0.1, 0.15) is 38.8 Å². The van der Waals surface area contributed by atoms with E-state index in [0.717, 1.165) is 0 Å². The molecule has 2 amide bonds. The number of rotatable bonds is 13. The van der Waals surface area contributed by atoms with E-state index in [4.69, 9.17) is 42.5 Å². The van der Waals surface area contributed by atoms with Gasteiger partial charge in [-0.1, -0.05) is 11.6 Å². The minimum Gasteiger partial charge on any atom is -0.490 e. The van der Waals surface area contributed by atoms with Gasteiger partial charge in [-0.3, -0.25) is 19.7 Å². The molecule has 0 saturated carbocycles. The molecule has 15 heteroatoms. The van der Waals surface area contributed by atoms with E-state index in [0.29, 0.717) is 27.5 Å². The number of nitrogens with one attached hydrogen (secondary N) is 4. The topological polar surface area (TPSA) is 219 Å². The molecule has 3 aromatic rings. The van der Waals surface area contributed by atoms with Crippen LogP contribution in [0.5, 0.6) is 11.5 Å². The lowest BCUT2D eigenvalue weighted by Gasteiger charge is -2.19. The minimum absolute atomic E-state index is 0.0230. The van der Waals surface area contributed by atoms with Gasteiger partial charge in [0, 0.05) is 39.6 Å². The molecule has 216 valence electrons. The van der Waals surface area contributed by atoms with Crippen LogP contribution in [0.3, 0.4) is 0 Å². The highest BCUT2D eigenvalue weighted by atomic mass is 35.5. The summed E-state index contributed by atoms with van der Waals surface area (Å²) in [6.45, 7) is 1.10. The number of halogens is 1. The van der Waals surface area contributed by atoms with Crippen molar-refractivity contribution in [1.82, 2.24) is 4.72 Å². The largest absolute Gasteiger partial charge is 0.490 e. The highest BCUT2D eigenvalue weighted by Crippen LogP contribution is 2.34. The van der Waals surface area contributed by atoms with Gasteiger partial charge in [0.15, 0.2) is 29.3 Å². The molecule has 1 atom stereocenters. The smallest absolute Gasteiger partial charge is 0.341 e. The molecular weight excluding hydrogens is 576 g/mol. The summed E-state index contributed by atoms with van der Waals surface area (Å²) in [4.78, 5) is 36.9. The Kier molecular flexibility index (Phi) is 10.6. The minimum atomic E-state index is -2.13. The number of nitrogens with two attached hydrogens (primary N) is 2. The Labute approximate surface area is 242 Å². The summed E-state index contributed by atoms with van der Waals surface area (Å²) >= 11 is 4.04. The molecule has 0 spiro atoms. The summed E-state index contributed by atoms with van der Waals surface area (Å²) in [5.41, 5.74) is 7.28. The highest BCUT2D eigenvalue weighted by Gasteiger charge is 2.20. The van der Waals surface area contributed by atoms with Crippen LogP contribution in [0, 0.1) is 5.41 Å². The molecule has 0 radical (unpaired) electrons. The zero-order chi connectivity index (χ0) is 30.1. The number of amides is 2. The molecule has 41 heavy (non-hydrogen) atoms. The second kappa shape index (κ2) is 14.1. The average Bonchev–Trinajstić information content (AvgIpc) is 2.91. The number of anilines is 2. The second-order valence-electron chi connectivity index (χ2n) is 8.30. The summed E-state index contributed by atoms with van der Waals surface area (Å²) in [6, 6.07) is 13.7. The third-order valence-electron chi connectivity index (χ3n) is 5.38. The number of ether oxygens (including phenoxy) is 2. The van der Waals surface area contributed by atoms with Crippen molar-refractivity contribution in [2.24, 2.45) is 10.9 Å². The Balaban J connectivity index is 1.95. The van der Waals surface area contributed by atoms with Crippen LogP contribution >= 0.6 is 11.6 Å². The van der Waals surface area contributed by atoms with E-state index >= 15 is 0 Å². The number of benzene rings is 3. The summed E-state index contributed by atoms with van der Waals surface area (Å²) in [6.07, 6.45) is 0. The van der Waals surface area contributed by atoms with Crippen molar-refractivity contribution >= 4 is 57.8 Å². The normalized spacial score (nSPS) is 11.2. The number of nitrogen functional groups attached to an aromatic ring is 1. The van der Waals surface area contributed by atoms with Crippen molar-refractivity contribution in [3.05, 3.63) is 81.9 Å². The van der Waals surface area contributed by atoms with Gasteiger partial charge in [-0.15, -0.1) is 0 Å². The Hall–Kier alpha value is -4.66.